The molecule has 1 rings (SSSR count). The number of benzene rings is 1. The molecule has 1 unspecified atom stereocenters. The number of ether oxygens (including phenoxy) is 1. The molecule has 0 spiro atoms. The van der Waals surface area contributed by atoms with Gasteiger partial charge in [0.15, 0.2) is 0 Å². The minimum absolute atomic E-state index is 0.242. The average Bonchev–Trinajstić information content (AvgIpc) is 2.36. The molecule has 0 aliphatic rings. The van der Waals surface area contributed by atoms with E-state index in [1.165, 1.54) is 6.92 Å². The first kappa shape index (κ1) is 15.0. The Kier molecular flexibility index (Phi) is 6.19. The molecule has 0 fully saturated rings. The lowest BCUT2D eigenvalue weighted by molar-refractivity contribution is -0.153. The van der Waals surface area contributed by atoms with Gasteiger partial charge in [-0.25, -0.2) is 0 Å². The third kappa shape index (κ3) is 4.33. The normalized spacial score (nSPS) is 14.0. The van der Waals surface area contributed by atoms with Gasteiger partial charge in [-0.05, 0) is 37.2 Å². The van der Waals surface area contributed by atoms with E-state index in [0.29, 0.717) is 5.75 Å². The lowest BCUT2D eigenvalue weighted by Crippen LogP contribution is -2.37. The Morgan fingerprint density at radius 3 is 2.56 bits per heavy atom. The monoisotopic (exact) mass is 291 g/mol. The topological polar surface area (TPSA) is 55.8 Å². The zero-order valence-corrected chi connectivity index (χ0v) is 11.9. The molecule has 0 saturated heterocycles. The molecule has 2 atom stereocenters. The molecule has 100 valence electrons. The molecule has 0 N–H and O–H groups in total. The predicted octanol–water partition coefficient (Wildman–Crippen LogP) is 2.86. The van der Waals surface area contributed by atoms with Crippen LogP contribution in [-0.2, 0) is 14.1 Å². The lowest BCUT2D eigenvalue weighted by Gasteiger charge is -2.23. The van der Waals surface area contributed by atoms with Crippen molar-refractivity contribution in [2.75, 3.05) is 6.61 Å². The van der Waals surface area contributed by atoms with E-state index in [9.17, 15) is 9.36 Å². The van der Waals surface area contributed by atoms with E-state index in [-0.39, 0.29) is 6.61 Å². The van der Waals surface area contributed by atoms with Crippen molar-refractivity contribution in [3.05, 3.63) is 30.3 Å². The highest BCUT2D eigenvalue weighted by molar-refractivity contribution is 7.71. The second kappa shape index (κ2) is 7.41. The largest absolute Gasteiger partial charge is 0.465 e. The van der Waals surface area contributed by atoms with Crippen LogP contribution in [0.15, 0.2) is 30.3 Å². The van der Waals surface area contributed by atoms with E-state index in [1.807, 2.05) is 6.07 Å². The summed E-state index contributed by atoms with van der Waals surface area (Å²) in [7, 11) is -2.70. The fourth-order valence-electron chi connectivity index (χ4n) is 1.22. The molecule has 18 heavy (non-hydrogen) atoms. The van der Waals surface area contributed by atoms with Crippen LogP contribution in [0.3, 0.4) is 0 Å². The summed E-state index contributed by atoms with van der Waals surface area (Å²) in [5.74, 6) is -0.0833. The third-order valence-electron chi connectivity index (χ3n) is 2.10. The Morgan fingerprint density at radius 2 is 2.06 bits per heavy atom. The molecule has 0 heterocycles. The summed E-state index contributed by atoms with van der Waals surface area (Å²) in [6.45, 7) is 3.45. The smallest absolute Gasteiger partial charge is 0.327 e. The number of carbonyl (C=O) groups excluding carboxylic acids is 1. The van der Waals surface area contributed by atoms with Gasteiger partial charge in [0.2, 0.25) is 0 Å². The molecule has 0 aromatic heterocycles. The number of para-hydroxylation sites is 1. The van der Waals surface area contributed by atoms with Crippen LogP contribution in [0.1, 0.15) is 13.8 Å². The van der Waals surface area contributed by atoms with Crippen molar-refractivity contribution in [1.82, 2.24) is 4.83 Å². The van der Waals surface area contributed by atoms with Gasteiger partial charge in [-0.15, -0.1) is 0 Å². The summed E-state index contributed by atoms with van der Waals surface area (Å²) in [6.07, 6.45) is 0. The van der Waals surface area contributed by atoms with Crippen molar-refractivity contribution in [1.29, 1.82) is 0 Å². The van der Waals surface area contributed by atoms with Crippen LogP contribution >= 0.6 is 18.5 Å². The summed E-state index contributed by atoms with van der Waals surface area (Å²) in [5.41, 5.74) is 0. The lowest BCUT2D eigenvalue weighted by atomic mass is 10.3. The first-order valence-corrected chi connectivity index (χ1v) is 7.81. The highest BCUT2D eigenvalue weighted by atomic mass is 35.7. The fourth-order valence-corrected chi connectivity index (χ4v) is 2.35. The van der Waals surface area contributed by atoms with E-state index in [1.54, 1.807) is 31.2 Å². The van der Waals surface area contributed by atoms with Crippen LogP contribution in [0, 0.1) is 0 Å². The summed E-state index contributed by atoms with van der Waals surface area (Å²) >= 11 is 5.57. The van der Waals surface area contributed by atoms with Crippen molar-refractivity contribution >= 4 is 24.5 Å². The minimum Gasteiger partial charge on any atom is -0.465 e. The summed E-state index contributed by atoms with van der Waals surface area (Å²) in [5, 5.41) is 0. The maximum Gasteiger partial charge on any atom is 0.327 e. The molecule has 7 heteroatoms. The van der Waals surface area contributed by atoms with Gasteiger partial charge >= 0.3 is 5.97 Å². The molecule has 0 saturated carbocycles. The fraction of sp³-hybridized carbons (Fsp3) is 0.364. The van der Waals surface area contributed by atoms with E-state index in [4.69, 9.17) is 20.8 Å². The molecule has 0 bridgehead atoms. The van der Waals surface area contributed by atoms with Crippen LogP contribution < -0.4 is 4.84 Å². The predicted molar refractivity (Wildman–Crippen MR) is 69.9 cm³/mol. The van der Waals surface area contributed by atoms with Crippen LogP contribution in [-0.4, -0.2) is 23.5 Å². The molecule has 5 nitrogen and oxygen atoms in total. The maximum atomic E-state index is 11.6. The number of hydrogen-bond acceptors (Lipinski definition) is 4. The Labute approximate surface area is 111 Å². The molecule has 0 aliphatic heterocycles. The second-order valence-corrected chi connectivity index (χ2v) is 5.33. The molecule has 0 amide bonds. The first-order chi connectivity index (χ1) is 8.56. The maximum absolute atomic E-state index is 11.6. The summed E-state index contributed by atoms with van der Waals surface area (Å²) < 4.78 is 16.3. The highest BCUT2D eigenvalue weighted by Gasteiger charge is 2.28. The molecule has 0 aliphatic carbocycles. The van der Waals surface area contributed by atoms with Gasteiger partial charge in [0, 0.05) is 0 Å². The molecular formula is C11H15ClNO4P. The Balaban J connectivity index is 2.77. The SMILES string of the molecule is CCOC(=O)[C@H](C)N(Oc1ccccc1)[PH](=O)Cl. The molecule has 1 aromatic carbocycles. The van der Waals surface area contributed by atoms with Crippen molar-refractivity contribution in [2.24, 2.45) is 0 Å². The third-order valence-corrected chi connectivity index (χ3v) is 3.42. The van der Waals surface area contributed by atoms with E-state index in [2.05, 4.69) is 0 Å². The van der Waals surface area contributed by atoms with Gasteiger partial charge in [-0.3, -0.25) is 9.36 Å². The molecular weight excluding hydrogens is 277 g/mol. The van der Waals surface area contributed by atoms with E-state index >= 15 is 0 Å². The second-order valence-electron chi connectivity index (χ2n) is 3.41. The van der Waals surface area contributed by atoms with E-state index in [0.717, 1.165) is 4.83 Å². The zero-order chi connectivity index (χ0) is 13.5. The Morgan fingerprint density at radius 1 is 1.44 bits per heavy atom. The molecule has 0 radical (unpaired) electrons. The van der Waals surface area contributed by atoms with Crippen molar-refractivity contribution in [2.45, 2.75) is 19.9 Å². The van der Waals surface area contributed by atoms with Crippen molar-refractivity contribution in [3.8, 4) is 5.75 Å². The van der Waals surface area contributed by atoms with Gasteiger partial charge in [0.05, 0.1) is 6.61 Å². The number of esters is 1. The van der Waals surface area contributed by atoms with Gasteiger partial charge in [0.25, 0.3) is 7.30 Å². The quantitative estimate of drug-likeness (QED) is 0.458. The van der Waals surface area contributed by atoms with Gasteiger partial charge in [-0.2, -0.15) is 0 Å². The van der Waals surface area contributed by atoms with E-state index < -0.39 is 19.3 Å². The zero-order valence-electron chi connectivity index (χ0n) is 10.1. The standard InChI is InChI=1S/C11H15ClNO4P/c1-3-16-11(14)9(2)13(18(12)15)17-10-7-5-4-6-8-10/h4-9,18H,3H2,1-2H3/t9-/m0/s1. The van der Waals surface area contributed by atoms with Crippen LogP contribution in [0.25, 0.3) is 0 Å². The van der Waals surface area contributed by atoms with Gasteiger partial charge in [0.1, 0.15) is 11.8 Å². The van der Waals surface area contributed by atoms with Gasteiger partial charge < -0.3 is 9.57 Å². The number of halogens is 1. The Bertz CT molecular complexity index is 415. The van der Waals surface area contributed by atoms with Gasteiger partial charge in [-0.1, -0.05) is 23.0 Å². The number of carbonyl (C=O) groups is 1. The summed E-state index contributed by atoms with van der Waals surface area (Å²) in [4.78, 5) is 17.9. The van der Waals surface area contributed by atoms with Crippen LogP contribution in [0.5, 0.6) is 5.75 Å². The van der Waals surface area contributed by atoms with Crippen molar-refractivity contribution < 1.29 is 18.9 Å². The highest BCUT2D eigenvalue weighted by Crippen LogP contribution is 2.35. The van der Waals surface area contributed by atoms with Crippen LogP contribution in [0.2, 0.25) is 0 Å². The Hall–Kier alpha value is -1.03. The number of nitrogens with zero attached hydrogens (tertiary/aromatic N) is 1. The number of hydrogen-bond donors (Lipinski definition) is 0. The first-order valence-electron chi connectivity index (χ1n) is 5.44. The minimum atomic E-state index is -2.70. The number of hydroxylamine groups is 1. The van der Waals surface area contributed by atoms with Crippen LogP contribution in [0.4, 0.5) is 0 Å². The summed E-state index contributed by atoms with van der Waals surface area (Å²) in [6, 6.07) is 7.84. The average molecular weight is 292 g/mol. The van der Waals surface area contributed by atoms with Crippen molar-refractivity contribution in [3.63, 3.8) is 0 Å². The number of rotatable bonds is 6. The molecule has 1 aromatic rings.